The van der Waals surface area contributed by atoms with Gasteiger partial charge in [0.2, 0.25) is 0 Å². The molecule has 0 aliphatic heterocycles. The summed E-state index contributed by atoms with van der Waals surface area (Å²) in [5.41, 5.74) is 5.54. The molecule has 5 heteroatoms. The van der Waals surface area contributed by atoms with Gasteiger partial charge in [0.15, 0.2) is 0 Å². The number of nitrogen functional groups attached to an aromatic ring is 1. The molecule has 1 aliphatic rings. The van der Waals surface area contributed by atoms with Gasteiger partial charge in [-0.1, -0.05) is 19.9 Å². The van der Waals surface area contributed by atoms with E-state index in [0.29, 0.717) is 6.61 Å². The van der Waals surface area contributed by atoms with Crippen LogP contribution in [0.3, 0.4) is 0 Å². The molecule has 1 saturated carbocycles. The quantitative estimate of drug-likeness (QED) is 0.832. The van der Waals surface area contributed by atoms with Crippen LogP contribution >= 0.6 is 0 Å². The predicted molar refractivity (Wildman–Crippen MR) is 75.9 cm³/mol. The maximum absolute atomic E-state index is 13.4. The molecule has 1 aromatic carbocycles. The number of amides is 1. The molecule has 110 valence electrons. The SMILES string of the molecule is CCOC1CC(NC(=O)c2cccc(F)c2N)C1(C)C. The molecule has 1 amide bonds. The van der Waals surface area contributed by atoms with Gasteiger partial charge in [0, 0.05) is 18.1 Å². The lowest BCUT2D eigenvalue weighted by atomic mass is 9.64. The lowest BCUT2D eigenvalue weighted by Gasteiger charge is -2.51. The average Bonchev–Trinajstić information content (AvgIpc) is 2.40. The van der Waals surface area contributed by atoms with E-state index in [-0.39, 0.29) is 34.7 Å². The summed E-state index contributed by atoms with van der Waals surface area (Å²) >= 11 is 0. The van der Waals surface area contributed by atoms with Crippen molar-refractivity contribution in [1.82, 2.24) is 5.32 Å². The molecule has 1 aliphatic carbocycles. The fraction of sp³-hybridized carbons (Fsp3) is 0.533. The van der Waals surface area contributed by atoms with E-state index in [4.69, 9.17) is 10.5 Å². The Bertz CT molecular complexity index is 517. The number of carbonyl (C=O) groups excluding carboxylic acids is 1. The highest BCUT2D eigenvalue weighted by molar-refractivity contribution is 5.99. The van der Waals surface area contributed by atoms with Crippen LogP contribution in [-0.4, -0.2) is 24.7 Å². The van der Waals surface area contributed by atoms with Gasteiger partial charge in [0.25, 0.3) is 5.91 Å². The van der Waals surface area contributed by atoms with Crippen LogP contribution in [0.1, 0.15) is 37.6 Å². The van der Waals surface area contributed by atoms with Crippen LogP contribution in [0.15, 0.2) is 18.2 Å². The molecule has 2 atom stereocenters. The molecular formula is C15H21FN2O2. The zero-order valence-electron chi connectivity index (χ0n) is 12.1. The second-order valence-electron chi connectivity index (χ2n) is 5.73. The Morgan fingerprint density at radius 3 is 2.85 bits per heavy atom. The number of halogens is 1. The van der Waals surface area contributed by atoms with Crippen LogP contribution in [0.5, 0.6) is 0 Å². The van der Waals surface area contributed by atoms with Crippen LogP contribution in [0.25, 0.3) is 0 Å². The molecule has 0 radical (unpaired) electrons. The number of hydrogen-bond donors (Lipinski definition) is 2. The topological polar surface area (TPSA) is 64.3 Å². The van der Waals surface area contributed by atoms with Gasteiger partial charge in [-0.15, -0.1) is 0 Å². The fourth-order valence-electron chi connectivity index (χ4n) is 2.59. The van der Waals surface area contributed by atoms with Crippen molar-refractivity contribution in [1.29, 1.82) is 0 Å². The van der Waals surface area contributed by atoms with Crippen LogP contribution in [0, 0.1) is 11.2 Å². The zero-order valence-corrected chi connectivity index (χ0v) is 12.1. The summed E-state index contributed by atoms with van der Waals surface area (Å²) in [5.74, 6) is -0.910. The Hall–Kier alpha value is -1.62. The maximum atomic E-state index is 13.4. The fourth-order valence-corrected chi connectivity index (χ4v) is 2.59. The highest BCUT2D eigenvalue weighted by Gasteiger charge is 2.49. The molecule has 3 N–H and O–H groups in total. The van der Waals surface area contributed by atoms with Crippen LogP contribution in [0.2, 0.25) is 0 Å². The standard InChI is InChI=1S/C15H21FN2O2/c1-4-20-12-8-11(15(12,2)3)18-14(19)9-6-5-7-10(16)13(9)17/h5-7,11-12H,4,8,17H2,1-3H3,(H,18,19). The third-order valence-corrected chi connectivity index (χ3v) is 4.15. The van der Waals surface area contributed by atoms with E-state index in [9.17, 15) is 9.18 Å². The molecule has 0 saturated heterocycles. The summed E-state index contributed by atoms with van der Waals surface area (Å²) in [7, 11) is 0. The van der Waals surface area contributed by atoms with E-state index in [2.05, 4.69) is 19.2 Å². The molecule has 1 fully saturated rings. The zero-order chi connectivity index (χ0) is 14.9. The Morgan fingerprint density at radius 2 is 2.25 bits per heavy atom. The van der Waals surface area contributed by atoms with Crippen molar-refractivity contribution in [3.63, 3.8) is 0 Å². The molecule has 0 spiro atoms. The van der Waals surface area contributed by atoms with Crippen LogP contribution in [-0.2, 0) is 4.74 Å². The first-order valence-corrected chi connectivity index (χ1v) is 6.84. The van der Waals surface area contributed by atoms with Crippen LogP contribution < -0.4 is 11.1 Å². The molecule has 20 heavy (non-hydrogen) atoms. The Labute approximate surface area is 118 Å². The van der Waals surface area contributed by atoms with Crippen LogP contribution in [0.4, 0.5) is 10.1 Å². The molecule has 1 aromatic rings. The molecular weight excluding hydrogens is 259 g/mol. The first-order chi connectivity index (χ1) is 9.37. The number of benzene rings is 1. The number of nitrogens with two attached hydrogens (primary N) is 1. The first kappa shape index (κ1) is 14.8. The van der Waals surface area contributed by atoms with E-state index in [0.717, 1.165) is 6.42 Å². The van der Waals surface area contributed by atoms with Gasteiger partial charge >= 0.3 is 0 Å². The van der Waals surface area contributed by atoms with Crippen molar-refractivity contribution in [3.05, 3.63) is 29.6 Å². The minimum atomic E-state index is -0.572. The monoisotopic (exact) mass is 280 g/mol. The van der Waals surface area contributed by atoms with E-state index in [1.165, 1.54) is 18.2 Å². The summed E-state index contributed by atoms with van der Waals surface area (Å²) in [6, 6.07) is 4.26. The molecule has 0 aromatic heterocycles. The number of hydrogen-bond acceptors (Lipinski definition) is 3. The van der Waals surface area contributed by atoms with Crippen molar-refractivity contribution < 1.29 is 13.9 Å². The summed E-state index contributed by atoms with van der Waals surface area (Å²) in [6.45, 7) is 6.72. The van der Waals surface area contributed by atoms with E-state index < -0.39 is 5.82 Å². The number of nitrogens with one attached hydrogen (secondary N) is 1. The van der Waals surface area contributed by atoms with E-state index in [1.54, 1.807) is 0 Å². The number of carbonyl (C=O) groups is 1. The maximum Gasteiger partial charge on any atom is 0.253 e. The van der Waals surface area contributed by atoms with Gasteiger partial charge in [-0.25, -0.2) is 4.39 Å². The molecule has 0 heterocycles. The summed E-state index contributed by atoms with van der Waals surface area (Å²) in [6.07, 6.45) is 0.907. The third kappa shape index (κ3) is 2.50. The second kappa shape index (κ2) is 5.40. The number of ether oxygens (including phenoxy) is 1. The van der Waals surface area contributed by atoms with Crippen molar-refractivity contribution in [2.24, 2.45) is 5.41 Å². The Balaban J connectivity index is 2.05. The van der Waals surface area contributed by atoms with Gasteiger partial charge in [-0.05, 0) is 25.5 Å². The predicted octanol–water partition coefficient (Wildman–Crippen LogP) is 2.34. The highest BCUT2D eigenvalue weighted by Crippen LogP contribution is 2.42. The molecule has 2 unspecified atom stereocenters. The third-order valence-electron chi connectivity index (χ3n) is 4.15. The average molecular weight is 280 g/mol. The highest BCUT2D eigenvalue weighted by atomic mass is 19.1. The molecule has 2 rings (SSSR count). The van der Waals surface area contributed by atoms with Gasteiger partial charge < -0.3 is 15.8 Å². The van der Waals surface area contributed by atoms with Crippen molar-refractivity contribution >= 4 is 11.6 Å². The molecule has 4 nitrogen and oxygen atoms in total. The largest absolute Gasteiger partial charge is 0.396 e. The lowest BCUT2D eigenvalue weighted by Crippen LogP contribution is -2.62. The smallest absolute Gasteiger partial charge is 0.253 e. The van der Waals surface area contributed by atoms with Gasteiger partial charge in [-0.2, -0.15) is 0 Å². The second-order valence-corrected chi connectivity index (χ2v) is 5.73. The normalized spacial score (nSPS) is 24.0. The minimum Gasteiger partial charge on any atom is -0.396 e. The van der Waals surface area contributed by atoms with E-state index >= 15 is 0 Å². The van der Waals surface area contributed by atoms with Gasteiger partial charge in [0.05, 0.1) is 17.4 Å². The van der Waals surface area contributed by atoms with Crippen molar-refractivity contribution in [3.8, 4) is 0 Å². The van der Waals surface area contributed by atoms with Gasteiger partial charge in [-0.3, -0.25) is 4.79 Å². The summed E-state index contributed by atoms with van der Waals surface area (Å²) < 4.78 is 19.0. The number of para-hydroxylation sites is 1. The van der Waals surface area contributed by atoms with Crippen molar-refractivity contribution in [2.75, 3.05) is 12.3 Å². The minimum absolute atomic E-state index is 0.00853. The van der Waals surface area contributed by atoms with Crippen molar-refractivity contribution in [2.45, 2.75) is 39.3 Å². The Morgan fingerprint density at radius 1 is 1.55 bits per heavy atom. The Kier molecular flexibility index (Phi) is 3.99. The summed E-state index contributed by atoms with van der Waals surface area (Å²) in [5, 5.41) is 2.91. The number of rotatable bonds is 4. The van der Waals surface area contributed by atoms with Gasteiger partial charge in [0.1, 0.15) is 5.82 Å². The lowest BCUT2D eigenvalue weighted by molar-refractivity contribution is -0.111. The molecule has 0 bridgehead atoms. The van der Waals surface area contributed by atoms with E-state index in [1.807, 2.05) is 6.92 Å². The number of anilines is 1. The summed E-state index contributed by atoms with van der Waals surface area (Å²) in [4.78, 5) is 12.2. The first-order valence-electron chi connectivity index (χ1n) is 6.84.